The first-order valence-electron chi connectivity index (χ1n) is 9.14. The number of hydrogen-bond acceptors (Lipinski definition) is 6. The largest absolute Gasteiger partial charge is 0.504 e. The smallest absolute Gasteiger partial charge is 0.160 e. The molecule has 0 saturated heterocycles. The number of ether oxygens (including phenoxy) is 1. The van der Waals surface area contributed by atoms with E-state index in [1.54, 1.807) is 24.5 Å². The zero-order valence-corrected chi connectivity index (χ0v) is 17.3. The van der Waals surface area contributed by atoms with E-state index in [0.717, 1.165) is 11.3 Å². The molecule has 0 saturated carbocycles. The third-order valence-electron chi connectivity index (χ3n) is 4.50. The number of nitrogens with zero attached hydrogens (tertiary/aromatic N) is 2. The quantitative estimate of drug-likeness (QED) is 0.533. The van der Waals surface area contributed by atoms with Gasteiger partial charge in [-0.2, -0.15) is 0 Å². The van der Waals surface area contributed by atoms with Crippen molar-refractivity contribution in [1.29, 1.82) is 0 Å². The summed E-state index contributed by atoms with van der Waals surface area (Å²) in [5.74, 6) is 1.17. The van der Waals surface area contributed by atoms with Crippen LogP contribution in [0.2, 0.25) is 0 Å². The highest BCUT2D eigenvalue weighted by Gasteiger charge is 2.31. The number of nitrogens with one attached hydrogen (secondary N) is 2. The summed E-state index contributed by atoms with van der Waals surface area (Å²) < 4.78 is 18.7. The number of phenolic OH excluding ortho intramolecular Hbond substituents is 1. The maximum atomic E-state index is 13.5. The second-order valence-corrected chi connectivity index (χ2v) is 9.68. The Morgan fingerprint density at radius 3 is 2.63 bits per heavy atom. The van der Waals surface area contributed by atoms with E-state index in [9.17, 15) is 9.67 Å². The summed E-state index contributed by atoms with van der Waals surface area (Å²) in [5, 5.41) is 16.3. The molecule has 2 aromatic rings. The summed E-state index contributed by atoms with van der Waals surface area (Å²) in [6, 6.07) is 5.23. The van der Waals surface area contributed by atoms with Crippen molar-refractivity contribution in [2.24, 2.45) is 0 Å². The van der Waals surface area contributed by atoms with Gasteiger partial charge in [-0.3, -0.25) is 10.1 Å². The molecule has 0 aliphatic carbocycles. The molecule has 0 fully saturated rings. The van der Waals surface area contributed by atoms with Gasteiger partial charge in [0, 0.05) is 18.4 Å². The second kappa shape index (κ2) is 9.72. The predicted molar refractivity (Wildman–Crippen MR) is 109 cm³/mol. The Labute approximate surface area is 161 Å². The van der Waals surface area contributed by atoms with Gasteiger partial charge in [-0.25, -0.2) is 4.98 Å². The topological polar surface area (TPSA) is 96.4 Å². The fraction of sp³-hybridized carbons (Fsp3) is 0.474. The number of aryl methyl sites for hydroxylation is 1. The summed E-state index contributed by atoms with van der Waals surface area (Å²) in [6.45, 7) is 6.93. The van der Waals surface area contributed by atoms with E-state index in [0.29, 0.717) is 37.2 Å². The number of methoxy groups -OCH3 is 1. The minimum atomic E-state index is -2.62. The van der Waals surface area contributed by atoms with Crippen LogP contribution in [0.5, 0.6) is 11.5 Å². The molecule has 7 nitrogen and oxygen atoms in total. The van der Waals surface area contributed by atoms with Crippen molar-refractivity contribution in [3.8, 4) is 11.5 Å². The molecule has 3 N–H and O–H groups in total. The molecule has 0 aliphatic heterocycles. The van der Waals surface area contributed by atoms with Crippen molar-refractivity contribution in [3.63, 3.8) is 0 Å². The van der Waals surface area contributed by atoms with Gasteiger partial charge >= 0.3 is 0 Å². The highest BCUT2D eigenvalue weighted by molar-refractivity contribution is 7.62. The third kappa shape index (κ3) is 5.68. The van der Waals surface area contributed by atoms with Crippen LogP contribution in [0.15, 0.2) is 30.6 Å². The van der Waals surface area contributed by atoms with E-state index in [1.807, 2.05) is 26.8 Å². The standard InChI is InChI=1S/C19H29N4O3P/c1-5-23-27(25,6-2)16(12-22-19-13-20-14(3)11-21-19)9-15-7-8-17(24)18(10-15)26-4/h7-8,10-11,13,16,24H,5-6,9,12H2,1-4H3,(H,21,22)(H,23,25). The van der Waals surface area contributed by atoms with Crippen LogP contribution < -0.4 is 15.1 Å². The van der Waals surface area contributed by atoms with E-state index in [1.165, 1.54) is 7.11 Å². The van der Waals surface area contributed by atoms with Crippen molar-refractivity contribution in [3.05, 3.63) is 41.9 Å². The Morgan fingerprint density at radius 2 is 2.04 bits per heavy atom. The predicted octanol–water partition coefficient (Wildman–Crippen LogP) is 3.43. The summed E-state index contributed by atoms with van der Waals surface area (Å²) in [6.07, 6.45) is 4.52. The van der Waals surface area contributed by atoms with Crippen molar-refractivity contribution in [2.45, 2.75) is 32.9 Å². The molecule has 1 heterocycles. The van der Waals surface area contributed by atoms with Crippen LogP contribution >= 0.6 is 7.29 Å². The van der Waals surface area contributed by atoms with E-state index >= 15 is 0 Å². The SMILES string of the molecule is CCNP(=O)(CC)C(CNc1cnc(C)cn1)Cc1ccc(O)c(OC)c1. The Kier molecular flexibility index (Phi) is 7.63. The van der Waals surface area contributed by atoms with Gasteiger partial charge in [0.1, 0.15) is 5.82 Å². The van der Waals surface area contributed by atoms with Crippen molar-refractivity contribution in [1.82, 2.24) is 15.1 Å². The number of aromatic hydroxyl groups is 1. The molecule has 8 heteroatoms. The van der Waals surface area contributed by atoms with Gasteiger partial charge in [0.25, 0.3) is 0 Å². The number of anilines is 1. The van der Waals surface area contributed by atoms with Crippen LogP contribution in [0.1, 0.15) is 25.1 Å². The highest BCUT2D eigenvalue weighted by atomic mass is 31.2. The zero-order chi connectivity index (χ0) is 19.9. The first-order valence-corrected chi connectivity index (χ1v) is 11.1. The molecule has 27 heavy (non-hydrogen) atoms. The van der Waals surface area contributed by atoms with E-state index in [-0.39, 0.29) is 11.4 Å². The molecular formula is C19H29N4O3P. The van der Waals surface area contributed by atoms with Crippen LogP contribution in [-0.2, 0) is 11.0 Å². The Morgan fingerprint density at radius 1 is 1.26 bits per heavy atom. The van der Waals surface area contributed by atoms with Gasteiger partial charge < -0.3 is 19.7 Å². The van der Waals surface area contributed by atoms with Crippen LogP contribution in [-0.4, -0.2) is 47.1 Å². The molecule has 0 spiro atoms. The van der Waals surface area contributed by atoms with Crippen LogP contribution in [0.4, 0.5) is 5.82 Å². The maximum Gasteiger partial charge on any atom is 0.160 e. The van der Waals surface area contributed by atoms with Crippen LogP contribution in [0.25, 0.3) is 0 Å². The molecule has 148 valence electrons. The monoisotopic (exact) mass is 392 g/mol. The molecule has 0 radical (unpaired) electrons. The first kappa shape index (κ1) is 21.2. The lowest BCUT2D eigenvalue weighted by molar-refractivity contribution is 0.373. The lowest BCUT2D eigenvalue weighted by atomic mass is 10.1. The van der Waals surface area contributed by atoms with Crippen LogP contribution in [0, 0.1) is 6.92 Å². The summed E-state index contributed by atoms with van der Waals surface area (Å²) in [7, 11) is -1.10. The van der Waals surface area contributed by atoms with Gasteiger partial charge in [0.15, 0.2) is 18.8 Å². The molecule has 1 aromatic heterocycles. The molecule has 1 aromatic carbocycles. The minimum absolute atomic E-state index is 0.0937. The maximum absolute atomic E-state index is 13.5. The minimum Gasteiger partial charge on any atom is -0.504 e. The van der Waals surface area contributed by atoms with Gasteiger partial charge in [0.05, 0.1) is 25.2 Å². The average Bonchev–Trinajstić information content (AvgIpc) is 2.67. The number of phenols is 1. The molecule has 0 aliphatic rings. The second-order valence-electron chi connectivity index (χ2n) is 6.41. The lowest BCUT2D eigenvalue weighted by Crippen LogP contribution is -2.30. The van der Waals surface area contributed by atoms with E-state index in [4.69, 9.17) is 4.74 Å². The fourth-order valence-electron chi connectivity index (χ4n) is 2.96. The number of rotatable bonds is 10. The fourth-order valence-corrected chi connectivity index (χ4v) is 5.39. The van der Waals surface area contributed by atoms with Gasteiger partial charge in [-0.05, 0) is 37.6 Å². The van der Waals surface area contributed by atoms with Gasteiger partial charge in [-0.15, -0.1) is 0 Å². The molecule has 2 atom stereocenters. The Hall–Kier alpha value is -2.11. The molecule has 0 amide bonds. The van der Waals surface area contributed by atoms with Crippen molar-refractivity contribution >= 4 is 13.1 Å². The van der Waals surface area contributed by atoms with Crippen molar-refractivity contribution < 1.29 is 14.4 Å². The third-order valence-corrected chi connectivity index (χ3v) is 7.84. The van der Waals surface area contributed by atoms with Gasteiger partial charge in [-0.1, -0.05) is 19.9 Å². The number of benzene rings is 1. The number of aromatic nitrogens is 2. The molecular weight excluding hydrogens is 363 g/mol. The van der Waals surface area contributed by atoms with Crippen molar-refractivity contribution in [2.75, 3.05) is 31.7 Å². The number of hydrogen-bond donors (Lipinski definition) is 3. The zero-order valence-electron chi connectivity index (χ0n) is 16.4. The summed E-state index contributed by atoms with van der Waals surface area (Å²) >= 11 is 0. The molecule has 2 rings (SSSR count). The lowest BCUT2D eigenvalue weighted by Gasteiger charge is -2.28. The van der Waals surface area contributed by atoms with Crippen LogP contribution in [0.3, 0.4) is 0 Å². The van der Waals surface area contributed by atoms with E-state index in [2.05, 4.69) is 20.4 Å². The average molecular weight is 392 g/mol. The Bertz CT molecular complexity index is 783. The Balaban J connectivity index is 2.23. The highest BCUT2D eigenvalue weighted by Crippen LogP contribution is 2.47. The normalized spacial score (nSPS) is 14.4. The van der Waals surface area contributed by atoms with E-state index < -0.39 is 7.29 Å². The first-order chi connectivity index (χ1) is 12.9. The molecule has 2 unspecified atom stereocenters. The van der Waals surface area contributed by atoms with Gasteiger partial charge in [0.2, 0.25) is 0 Å². The molecule has 0 bridgehead atoms. The summed E-state index contributed by atoms with van der Waals surface area (Å²) in [4.78, 5) is 8.55. The summed E-state index contributed by atoms with van der Waals surface area (Å²) in [5.41, 5.74) is 1.66.